The Labute approximate surface area is 101 Å². The number of hydrogen-bond acceptors (Lipinski definition) is 7. The van der Waals surface area contributed by atoms with Crippen LogP contribution in [-0.4, -0.2) is 43.4 Å². The third kappa shape index (κ3) is 5.19. The van der Waals surface area contributed by atoms with Crippen LogP contribution >= 0.6 is 0 Å². The van der Waals surface area contributed by atoms with Crippen molar-refractivity contribution in [3.05, 3.63) is 12.2 Å². The highest BCUT2D eigenvalue weighted by atomic mass is 32.2. The van der Waals surface area contributed by atoms with Crippen molar-refractivity contribution in [2.75, 3.05) is 13.2 Å². The summed E-state index contributed by atoms with van der Waals surface area (Å²) >= 11 is 0. The third-order valence-corrected chi connectivity index (χ3v) is 2.29. The maximum atomic E-state index is 12.5. The first kappa shape index (κ1) is 16.4. The second kappa shape index (κ2) is 5.87. The van der Waals surface area contributed by atoms with Gasteiger partial charge < -0.3 is 14.0 Å². The van der Waals surface area contributed by atoms with Gasteiger partial charge in [-0.25, -0.2) is 18.0 Å². The van der Waals surface area contributed by atoms with E-state index in [1.807, 2.05) is 0 Å². The highest BCUT2D eigenvalue weighted by Crippen LogP contribution is 2.20. The molecule has 0 heterocycles. The number of ether oxygens (including phenoxy) is 2. The van der Waals surface area contributed by atoms with Gasteiger partial charge in [0.2, 0.25) is 0 Å². The molecule has 0 aromatic rings. The van der Waals surface area contributed by atoms with Crippen molar-refractivity contribution in [1.29, 1.82) is 0 Å². The van der Waals surface area contributed by atoms with Crippen molar-refractivity contribution < 1.29 is 40.8 Å². The molecule has 0 rings (SSSR count). The molecule has 104 valence electrons. The predicted molar refractivity (Wildman–Crippen MR) is 51.4 cm³/mol. The summed E-state index contributed by atoms with van der Waals surface area (Å²) in [5.74, 6) is -2.37. The van der Waals surface area contributed by atoms with Crippen LogP contribution in [0.1, 0.15) is 6.92 Å². The lowest BCUT2D eigenvalue weighted by atomic mass is 10.4. The van der Waals surface area contributed by atoms with Crippen molar-refractivity contribution in [2.45, 2.75) is 12.2 Å². The SMILES string of the molecule is C=C(C)C(=O)OCC(=O)OCC(F)(F)S(=O)(=O)[O-]. The number of esters is 2. The summed E-state index contributed by atoms with van der Waals surface area (Å²) in [6, 6.07) is 0. The van der Waals surface area contributed by atoms with Crippen molar-refractivity contribution in [2.24, 2.45) is 0 Å². The summed E-state index contributed by atoms with van der Waals surface area (Å²) < 4.78 is 63.1. The molecule has 0 fully saturated rings. The number of carbonyl (C=O) groups excluding carboxylic acids is 2. The van der Waals surface area contributed by atoms with E-state index in [-0.39, 0.29) is 5.57 Å². The average molecular weight is 287 g/mol. The standard InChI is InChI=1S/C8H10F2O7S/c1-5(2)7(12)16-3-6(11)17-4-8(9,10)18(13,14)15/h1,3-4H2,2H3,(H,13,14,15)/p-1. The minimum Gasteiger partial charge on any atom is -0.743 e. The van der Waals surface area contributed by atoms with Crippen LogP contribution in [0.3, 0.4) is 0 Å². The summed E-state index contributed by atoms with van der Waals surface area (Å²) in [4.78, 5) is 21.6. The molecule has 0 bridgehead atoms. The average Bonchev–Trinajstić information content (AvgIpc) is 2.21. The van der Waals surface area contributed by atoms with Gasteiger partial charge in [0, 0.05) is 5.57 Å². The van der Waals surface area contributed by atoms with Crippen LogP contribution in [0.2, 0.25) is 0 Å². The van der Waals surface area contributed by atoms with Crippen LogP contribution in [0.15, 0.2) is 12.2 Å². The molecule has 0 atom stereocenters. The van der Waals surface area contributed by atoms with Crippen LogP contribution < -0.4 is 0 Å². The van der Waals surface area contributed by atoms with E-state index in [0.717, 1.165) is 0 Å². The second-order valence-corrected chi connectivity index (χ2v) is 4.61. The fourth-order valence-corrected chi connectivity index (χ4v) is 0.729. The Balaban J connectivity index is 4.21. The molecule has 0 aliphatic heterocycles. The molecule has 0 aromatic carbocycles. The monoisotopic (exact) mass is 287 g/mol. The molecule has 0 aromatic heterocycles. The lowest BCUT2D eigenvalue weighted by Gasteiger charge is -2.19. The van der Waals surface area contributed by atoms with Crippen molar-refractivity contribution in [1.82, 2.24) is 0 Å². The van der Waals surface area contributed by atoms with Gasteiger partial charge in [-0.2, -0.15) is 8.78 Å². The minimum atomic E-state index is -5.93. The molecule has 0 aliphatic carbocycles. The first-order valence-electron chi connectivity index (χ1n) is 4.29. The van der Waals surface area contributed by atoms with Crippen molar-refractivity contribution in [3.8, 4) is 0 Å². The molecule has 0 saturated carbocycles. The Morgan fingerprint density at radius 1 is 1.33 bits per heavy atom. The van der Waals surface area contributed by atoms with E-state index in [2.05, 4.69) is 16.1 Å². The molecule has 7 nitrogen and oxygen atoms in total. The third-order valence-electron chi connectivity index (χ3n) is 1.44. The molecule has 10 heteroatoms. The Hall–Kier alpha value is -1.55. The maximum Gasteiger partial charge on any atom is 0.367 e. The predicted octanol–water partition coefficient (Wildman–Crippen LogP) is -0.213. The Bertz CT molecular complexity index is 454. The molecule has 0 spiro atoms. The molecule has 18 heavy (non-hydrogen) atoms. The lowest BCUT2D eigenvalue weighted by molar-refractivity contribution is -0.160. The normalized spacial score (nSPS) is 11.8. The number of halogens is 2. The van der Waals surface area contributed by atoms with Crippen molar-refractivity contribution >= 4 is 22.1 Å². The number of alkyl halides is 2. The smallest absolute Gasteiger partial charge is 0.367 e. The zero-order chi connectivity index (χ0) is 14.6. The number of hydrogen-bond donors (Lipinski definition) is 0. The Morgan fingerprint density at radius 3 is 2.22 bits per heavy atom. The second-order valence-electron chi connectivity index (χ2n) is 3.11. The fourth-order valence-electron chi connectivity index (χ4n) is 0.526. The van der Waals surface area contributed by atoms with Gasteiger partial charge in [-0.1, -0.05) is 6.58 Å². The summed E-state index contributed by atoms with van der Waals surface area (Å²) in [5, 5.41) is -4.74. The molecular formula is C8H9F2O7S-. The first-order chi connectivity index (χ1) is 7.97. The van der Waals surface area contributed by atoms with Gasteiger partial charge in [0.25, 0.3) is 0 Å². The van der Waals surface area contributed by atoms with Crippen LogP contribution in [-0.2, 0) is 29.2 Å². The van der Waals surface area contributed by atoms with Crippen LogP contribution in [0, 0.1) is 0 Å². The van der Waals surface area contributed by atoms with E-state index >= 15 is 0 Å². The quantitative estimate of drug-likeness (QED) is 0.377. The van der Waals surface area contributed by atoms with Crippen molar-refractivity contribution in [3.63, 3.8) is 0 Å². The molecule has 0 unspecified atom stereocenters. The van der Waals surface area contributed by atoms with E-state index in [9.17, 15) is 31.3 Å². The fraction of sp³-hybridized carbons (Fsp3) is 0.500. The van der Waals surface area contributed by atoms with Gasteiger partial charge in [-0.3, -0.25) is 0 Å². The zero-order valence-electron chi connectivity index (χ0n) is 9.14. The summed E-state index contributed by atoms with van der Waals surface area (Å²) in [7, 11) is -5.93. The lowest BCUT2D eigenvalue weighted by Crippen LogP contribution is -2.35. The minimum absolute atomic E-state index is 0.0322. The van der Waals surface area contributed by atoms with E-state index in [1.54, 1.807) is 0 Å². The molecule has 0 N–H and O–H groups in total. The van der Waals surface area contributed by atoms with Crippen LogP contribution in [0.4, 0.5) is 8.78 Å². The van der Waals surface area contributed by atoms with E-state index in [4.69, 9.17) is 0 Å². The largest absolute Gasteiger partial charge is 0.743 e. The van der Waals surface area contributed by atoms with E-state index in [0.29, 0.717) is 0 Å². The van der Waals surface area contributed by atoms with Crippen LogP contribution in [0.25, 0.3) is 0 Å². The van der Waals surface area contributed by atoms with Gasteiger partial charge in [0.05, 0.1) is 0 Å². The molecular weight excluding hydrogens is 278 g/mol. The van der Waals surface area contributed by atoms with Gasteiger partial charge in [0.1, 0.15) is 0 Å². The molecule has 0 radical (unpaired) electrons. The molecule has 0 saturated heterocycles. The van der Waals surface area contributed by atoms with Gasteiger partial charge in [0.15, 0.2) is 23.3 Å². The number of carbonyl (C=O) groups is 2. The molecule has 0 amide bonds. The first-order valence-corrected chi connectivity index (χ1v) is 5.69. The Kier molecular flexibility index (Phi) is 5.36. The van der Waals surface area contributed by atoms with E-state index in [1.165, 1.54) is 6.92 Å². The van der Waals surface area contributed by atoms with E-state index < -0.39 is 40.5 Å². The Morgan fingerprint density at radius 2 is 1.83 bits per heavy atom. The van der Waals surface area contributed by atoms with Gasteiger partial charge >= 0.3 is 17.2 Å². The zero-order valence-corrected chi connectivity index (χ0v) is 9.96. The number of rotatable bonds is 6. The summed E-state index contributed by atoms with van der Waals surface area (Å²) in [6.45, 7) is 1.53. The van der Waals surface area contributed by atoms with Gasteiger partial charge in [-0.05, 0) is 6.92 Å². The summed E-state index contributed by atoms with van der Waals surface area (Å²) in [6.07, 6.45) is 0. The highest BCUT2D eigenvalue weighted by molar-refractivity contribution is 7.86. The topological polar surface area (TPSA) is 110 Å². The highest BCUT2D eigenvalue weighted by Gasteiger charge is 2.39. The maximum absolute atomic E-state index is 12.5. The summed E-state index contributed by atoms with van der Waals surface area (Å²) in [5.41, 5.74) is -0.0322. The molecule has 0 aliphatic rings. The van der Waals surface area contributed by atoms with Crippen LogP contribution in [0.5, 0.6) is 0 Å². The van der Waals surface area contributed by atoms with Gasteiger partial charge in [-0.15, -0.1) is 0 Å².